The minimum atomic E-state index is -0.505. The van der Waals surface area contributed by atoms with Crippen molar-refractivity contribution in [2.75, 3.05) is 32.7 Å². The summed E-state index contributed by atoms with van der Waals surface area (Å²) in [5, 5.41) is 8.57. The van der Waals surface area contributed by atoms with Crippen molar-refractivity contribution in [3.63, 3.8) is 0 Å². The lowest BCUT2D eigenvalue weighted by Gasteiger charge is -2.16. The van der Waals surface area contributed by atoms with E-state index in [1.54, 1.807) is 0 Å². The largest absolute Gasteiger partial charge is 0.304 e. The Labute approximate surface area is 138 Å². The van der Waals surface area contributed by atoms with E-state index >= 15 is 0 Å². The standard InChI is InChI=1S/C10H21N3.C4H5NO3.ClH/c1-4-11-10-12-8-7-9-13(5-2)6-3;6-3-1-2-4(7)5(3)8;/h4-9H2,1-3H3;8H,1-2H2;1H. The molecule has 2 amide bonds. The van der Waals surface area contributed by atoms with Crippen LogP contribution in [0.2, 0.25) is 0 Å². The van der Waals surface area contributed by atoms with Gasteiger partial charge < -0.3 is 4.90 Å². The summed E-state index contributed by atoms with van der Waals surface area (Å²) in [5.74, 6) is -1.01. The zero-order valence-electron chi connectivity index (χ0n) is 13.6. The summed E-state index contributed by atoms with van der Waals surface area (Å²) in [6.07, 6.45) is 1.40. The predicted molar refractivity (Wildman–Crippen MR) is 87.8 cm³/mol. The lowest BCUT2D eigenvalue weighted by molar-refractivity contribution is -0.171. The molecule has 8 heteroatoms. The molecule has 0 spiro atoms. The molecule has 0 bridgehead atoms. The molecule has 0 aromatic carbocycles. The summed E-state index contributed by atoms with van der Waals surface area (Å²) >= 11 is 0. The van der Waals surface area contributed by atoms with Crippen molar-refractivity contribution in [1.82, 2.24) is 9.96 Å². The molecular formula is C14H27ClN4O3. The highest BCUT2D eigenvalue weighted by Crippen LogP contribution is 2.07. The molecule has 0 aliphatic carbocycles. The van der Waals surface area contributed by atoms with Crippen molar-refractivity contribution in [2.24, 2.45) is 9.98 Å². The van der Waals surface area contributed by atoms with Gasteiger partial charge in [-0.25, -0.2) is 9.98 Å². The highest BCUT2D eigenvalue weighted by atomic mass is 35.5. The number of imide groups is 1. The van der Waals surface area contributed by atoms with Gasteiger partial charge in [-0.2, -0.15) is 5.06 Å². The Morgan fingerprint density at radius 2 is 1.68 bits per heavy atom. The zero-order chi connectivity index (χ0) is 16.1. The Kier molecular flexibility index (Phi) is 15.3. The Bertz CT molecular complexity index is 364. The molecule has 0 unspecified atom stereocenters. The van der Waals surface area contributed by atoms with E-state index in [1.165, 1.54) is 0 Å². The van der Waals surface area contributed by atoms with Gasteiger partial charge in [-0.1, -0.05) is 13.8 Å². The summed E-state index contributed by atoms with van der Waals surface area (Å²) in [4.78, 5) is 30.8. The summed E-state index contributed by atoms with van der Waals surface area (Å²) in [7, 11) is 0. The van der Waals surface area contributed by atoms with Gasteiger partial charge >= 0.3 is 0 Å². The number of carbonyl (C=O) groups excluding carboxylic acids is 2. The Morgan fingerprint density at radius 1 is 1.14 bits per heavy atom. The number of aliphatic imine (C=N–C) groups is 2. The SMILES string of the molecule is CCN=C=NCCCN(CC)CC.Cl.O=C1CCC(=O)N1O. The van der Waals surface area contributed by atoms with Crippen molar-refractivity contribution in [2.45, 2.75) is 40.0 Å². The van der Waals surface area contributed by atoms with Gasteiger partial charge in [0.2, 0.25) is 0 Å². The molecule has 1 aliphatic heterocycles. The Morgan fingerprint density at radius 3 is 2.05 bits per heavy atom. The minimum absolute atomic E-state index is 0. The number of hydrogen-bond acceptors (Lipinski definition) is 6. The van der Waals surface area contributed by atoms with E-state index in [0.29, 0.717) is 0 Å². The predicted octanol–water partition coefficient (Wildman–Crippen LogP) is 1.86. The number of amides is 2. The second-order valence-corrected chi connectivity index (χ2v) is 4.44. The van der Waals surface area contributed by atoms with Gasteiger partial charge in [-0.05, 0) is 33.0 Å². The Balaban J connectivity index is 0. The minimum Gasteiger partial charge on any atom is -0.304 e. The number of nitrogens with zero attached hydrogens (tertiary/aromatic N) is 4. The second-order valence-electron chi connectivity index (χ2n) is 4.44. The van der Waals surface area contributed by atoms with Crippen molar-refractivity contribution in [3.05, 3.63) is 0 Å². The van der Waals surface area contributed by atoms with Crippen LogP contribution < -0.4 is 0 Å². The quantitative estimate of drug-likeness (QED) is 0.333. The van der Waals surface area contributed by atoms with E-state index in [2.05, 4.69) is 34.7 Å². The molecular weight excluding hydrogens is 308 g/mol. The lowest BCUT2D eigenvalue weighted by Crippen LogP contribution is -2.24. The highest BCUT2D eigenvalue weighted by Gasteiger charge is 2.26. The van der Waals surface area contributed by atoms with Gasteiger partial charge in [-0.3, -0.25) is 14.8 Å². The summed E-state index contributed by atoms with van der Waals surface area (Å²) in [6.45, 7) is 11.4. The summed E-state index contributed by atoms with van der Waals surface area (Å²) < 4.78 is 0. The van der Waals surface area contributed by atoms with E-state index in [4.69, 9.17) is 5.21 Å². The summed E-state index contributed by atoms with van der Waals surface area (Å²) in [6, 6.07) is 2.68. The molecule has 0 aromatic rings. The first-order valence-corrected chi connectivity index (χ1v) is 7.41. The van der Waals surface area contributed by atoms with Crippen LogP contribution in [0.25, 0.3) is 0 Å². The van der Waals surface area contributed by atoms with E-state index in [9.17, 15) is 9.59 Å². The fourth-order valence-electron chi connectivity index (χ4n) is 1.65. The summed E-state index contributed by atoms with van der Waals surface area (Å²) in [5.41, 5.74) is 0. The smallest absolute Gasteiger partial charge is 0.253 e. The lowest BCUT2D eigenvalue weighted by atomic mass is 10.4. The van der Waals surface area contributed by atoms with Crippen LogP contribution in [0.4, 0.5) is 0 Å². The van der Waals surface area contributed by atoms with E-state index in [0.717, 1.165) is 39.1 Å². The average Bonchev–Trinajstić information content (AvgIpc) is 2.79. The van der Waals surface area contributed by atoms with Crippen molar-refractivity contribution < 1.29 is 14.8 Å². The van der Waals surface area contributed by atoms with Gasteiger partial charge in [0.05, 0.1) is 12.6 Å². The highest BCUT2D eigenvalue weighted by molar-refractivity contribution is 6.00. The average molecular weight is 335 g/mol. The third-order valence-corrected chi connectivity index (χ3v) is 2.96. The molecule has 128 valence electrons. The third kappa shape index (κ3) is 10.5. The van der Waals surface area contributed by atoms with Crippen LogP contribution in [-0.2, 0) is 9.59 Å². The first-order valence-electron chi connectivity index (χ1n) is 7.41. The van der Waals surface area contributed by atoms with Gasteiger partial charge in [0.25, 0.3) is 11.8 Å². The molecule has 0 saturated carbocycles. The number of halogens is 1. The van der Waals surface area contributed by atoms with Crippen LogP contribution in [0.1, 0.15) is 40.0 Å². The number of hydrogen-bond donors (Lipinski definition) is 1. The maximum atomic E-state index is 10.2. The molecule has 0 radical (unpaired) electrons. The maximum Gasteiger partial charge on any atom is 0.253 e. The van der Waals surface area contributed by atoms with Gasteiger partial charge in [0.1, 0.15) is 0 Å². The Hall–Kier alpha value is -1.27. The van der Waals surface area contributed by atoms with Crippen LogP contribution in [0, 0.1) is 0 Å². The van der Waals surface area contributed by atoms with Gasteiger partial charge in [-0.15, -0.1) is 12.4 Å². The number of hydroxylamine groups is 2. The molecule has 1 heterocycles. The normalized spacial score (nSPS) is 13.2. The molecule has 1 aliphatic rings. The van der Waals surface area contributed by atoms with Crippen LogP contribution in [0.3, 0.4) is 0 Å². The van der Waals surface area contributed by atoms with Crippen molar-refractivity contribution in [1.29, 1.82) is 0 Å². The molecule has 1 saturated heterocycles. The third-order valence-electron chi connectivity index (χ3n) is 2.96. The first-order chi connectivity index (χ1) is 10.1. The first kappa shape index (κ1) is 23.0. The fourth-order valence-corrected chi connectivity index (χ4v) is 1.65. The fraction of sp³-hybridized carbons (Fsp3) is 0.786. The molecule has 1 fully saturated rings. The van der Waals surface area contributed by atoms with Gasteiger partial charge in [0.15, 0.2) is 0 Å². The molecule has 0 aromatic heterocycles. The van der Waals surface area contributed by atoms with Crippen LogP contribution in [0.15, 0.2) is 9.98 Å². The molecule has 7 nitrogen and oxygen atoms in total. The van der Waals surface area contributed by atoms with Gasteiger partial charge in [0, 0.05) is 19.4 Å². The van der Waals surface area contributed by atoms with E-state index in [-0.39, 0.29) is 30.3 Å². The van der Waals surface area contributed by atoms with E-state index in [1.807, 2.05) is 6.92 Å². The van der Waals surface area contributed by atoms with Crippen LogP contribution in [0.5, 0.6) is 0 Å². The van der Waals surface area contributed by atoms with Crippen molar-refractivity contribution in [3.8, 4) is 0 Å². The number of carbonyl (C=O) groups is 2. The maximum absolute atomic E-state index is 10.2. The van der Waals surface area contributed by atoms with Crippen LogP contribution in [-0.4, -0.2) is 65.7 Å². The molecule has 22 heavy (non-hydrogen) atoms. The number of rotatable bonds is 7. The monoisotopic (exact) mass is 334 g/mol. The van der Waals surface area contributed by atoms with E-state index < -0.39 is 11.8 Å². The topological polar surface area (TPSA) is 85.6 Å². The molecule has 0 atom stereocenters. The van der Waals surface area contributed by atoms with Crippen LogP contribution >= 0.6 is 12.4 Å². The molecule has 1 rings (SSSR count). The molecule has 1 N–H and O–H groups in total. The van der Waals surface area contributed by atoms with Crippen molar-refractivity contribution >= 4 is 30.2 Å². The second kappa shape index (κ2) is 14.7. The zero-order valence-corrected chi connectivity index (χ0v) is 14.4.